The zero-order chi connectivity index (χ0) is 28.8. The maximum atomic E-state index is 11.5. The Hall–Kier alpha value is -3.13. The van der Waals surface area contributed by atoms with E-state index in [0.717, 1.165) is 17.5 Å². The van der Waals surface area contributed by atoms with Crippen LogP contribution < -0.4 is 10.6 Å². The zero-order valence-corrected chi connectivity index (χ0v) is 25.0. The molecule has 0 fully saturated rings. The fourth-order valence-electron chi connectivity index (χ4n) is 3.89. The van der Waals surface area contributed by atoms with Gasteiger partial charge in [-0.3, -0.25) is 4.79 Å². The van der Waals surface area contributed by atoms with Crippen LogP contribution >= 0.6 is 0 Å². The smallest absolute Gasteiger partial charge is 0.319 e. The lowest BCUT2D eigenvalue weighted by Crippen LogP contribution is -2.29. The molecule has 2 aromatic rings. The maximum Gasteiger partial charge on any atom is 0.319 e. The van der Waals surface area contributed by atoms with Crippen LogP contribution in [0.3, 0.4) is 0 Å². The van der Waals surface area contributed by atoms with Gasteiger partial charge in [0.15, 0.2) is 5.78 Å². The summed E-state index contributed by atoms with van der Waals surface area (Å²) in [5, 5.41) is 14.2. The van der Waals surface area contributed by atoms with E-state index >= 15 is 0 Å². The van der Waals surface area contributed by atoms with Gasteiger partial charge in [0.25, 0.3) is 0 Å². The van der Waals surface area contributed by atoms with Crippen molar-refractivity contribution in [2.75, 3.05) is 11.9 Å². The van der Waals surface area contributed by atoms with Crippen LogP contribution in [0.5, 0.6) is 0 Å². The Morgan fingerprint density at radius 2 is 1.42 bits per heavy atom. The average Bonchev–Trinajstić information content (AvgIpc) is 2.92. The molecule has 0 unspecified atom stereocenters. The van der Waals surface area contributed by atoms with E-state index in [4.69, 9.17) is 5.26 Å². The third-order valence-corrected chi connectivity index (χ3v) is 6.17. The lowest BCUT2D eigenvalue weighted by atomic mass is 9.90. The zero-order valence-electron chi connectivity index (χ0n) is 25.0. The summed E-state index contributed by atoms with van der Waals surface area (Å²) in [6.45, 7) is 14.9. The van der Waals surface area contributed by atoms with Crippen molar-refractivity contribution < 1.29 is 9.59 Å². The standard InChI is InChI=1S/C14H19N.C13H18N2O2.C6H14/c1-3-5-13(6-4-2)14-9-7-12(11-15)8-10-14;1-4-7-14-13(17)15-12-8-11(10(3)16)6-5-9(12)2;1-3-5-6-4-2/h7-10,13H,3-6H2,1-2H3;5-6,8H,4,7H2,1-3H3,(H2,14,15,17);3-6H2,1-2H3. The van der Waals surface area contributed by atoms with Gasteiger partial charge < -0.3 is 10.6 Å². The molecule has 5 heteroatoms. The molecule has 0 aliphatic rings. The number of benzene rings is 2. The number of hydrogen-bond acceptors (Lipinski definition) is 3. The number of rotatable bonds is 12. The molecule has 0 aromatic heterocycles. The van der Waals surface area contributed by atoms with Crippen molar-refractivity contribution in [3.8, 4) is 6.07 Å². The lowest BCUT2D eigenvalue weighted by molar-refractivity contribution is 0.101. The van der Waals surface area contributed by atoms with E-state index in [9.17, 15) is 9.59 Å². The fourth-order valence-corrected chi connectivity index (χ4v) is 3.89. The molecule has 0 atom stereocenters. The number of carbonyl (C=O) groups excluding carboxylic acids is 2. The van der Waals surface area contributed by atoms with Crippen LogP contribution in [0.25, 0.3) is 0 Å². The van der Waals surface area contributed by atoms with E-state index < -0.39 is 0 Å². The molecule has 0 bridgehead atoms. The Balaban J connectivity index is 0.000000599. The predicted octanol–water partition coefficient (Wildman–Crippen LogP) is 9.56. The number of amides is 2. The number of aryl methyl sites for hydroxylation is 1. The molecule has 38 heavy (non-hydrogen) atoms. The Morgan fingerprint density at radius 3 is 1.87 bits per heavy atom. The Morgan fingerprint density at radius 1 is 0.842 bits per heavy atom. The lowest BCUT2D eigenvalue weighted by Gasteiger charge is -2.15. The molecule has 0 saturated carbocycles. The number of nitrogens with zero attached hydrogens (tertiary/aromatic N) is 1. The summed E-state index contributed by atoms with van der Waals surface area (Å²) >= 11 is 0. The second-order valence-electron chi connectivity index (χ2n) is 9.68. The predicted molar refractivity (Wildman–Crippen MR) is 162 cm³/mol. The van der Waals surface area contributed by atoms with Gasteiger partial charge in [0.05, 0.1) is 11.6 Å². The van der Waals surface area contributed by atoms with E-state index in [1.807, 2.05) is 32.0 Å². The number of ketones is 1. The fraction of sp³-hybridized carbons (Fsp3) is 0.545. The molecular formula is C33H51N3O2. The first-order valence-electron chi connectivity index (χ1n) is 14.4. The number of carbonyl (C=O) groups is 2. The minimum absolute atomic E-state index is 0.0120. The van der Waals surface area contributed by atoms with Gasteiger partial charge in [0.2, 0.25) is 0 Å². The van der Waals surface area contributed by atoms with Crippen molar-refractivity contribution in [1.82, 2.24) is 5.32 Å². The van der Waals surface area contributed by atoms with Crippen LogP contribution in [0, 0.1) is 18.3 Å². The average molecular weight is 522 g/mol. The molecule has 0 radical (unpaired) electrons. The molecule has 2 N–H and O–H groups in total. The summed E-state index contributed by atoms with van der Waals surface area (Å²) in [7, 11) is 0. The van der Waals surface area contributed by atoms with E-state index in [1.54, 1.807) is 12.1 Å². The summed E-state index contributed by atoms with van der Waals surface area (Å²) in [4.78, 5) is 22.7. The molecule has 2 rings (SSSR count). The summed E-state index contributed by atoms with van der Waals surface area (Å²) < 4.78 is 0. The number of unbranched alkanes of at least 4 members (excludes halogenated alkanes) is 3. The van der Waals surface area contributed by atoms with Crippen LogP contribution in [0.4, 0.5) is 10.5 Å². The first kappa shape index (κ1) is 34.9. The molecule has 5 nitrogen and oxygen atoms in total. The van der Waals surface area contributed by atoms with Crippen molar-refractivity contribution in [3.05, 3.63) is 64.7 Å². The summed E-state index contributed by atoms with van der Waals surface area (Å²) in [6.07, 6.45) is 11.4. The van der Waals surface area contributed by atoms with E-state index in [-0.39, 0.29) is 11.8 Å². The SMILES string of the molecule is CCCC(CCC)c1ccc(C#N)cc1.CCCCCC.CCCNC(=O)Nc1cc(C(C)=O)ccc1C. The summed E-state index contributed by atoms with van der Waals surface area (Å²) in [6, 6.07) is 15.3. The third-order valence-electron chi connectivity index (χ3n) is 6.17. The Labute approximate surface area is 232 Å². The number of hydrogen-bond donors (Lipinski definition) is 2. The first-order valence-corrected chi connectivity index (χ1v) is 14.4. The Kier molecular flexibility index (Phi) is 20.1. The van der Waals surface area contributed by atoms with Gasteiger partial charge in [-0.25, -0.2) is 4.79 Å². The van der Waals surface area contributed by atoms with Gasteiger partial charge in [0.1, 0.15) is 0 Å². The molecule has 0 spiro atoms. The van der Waals surface area contributed by atoms with Crippen molar-refractivity contribution in [2.45, 2.75) is 112 Å². The molecule has 0 saturated heterocycles. The molecule has 2 aromatic carbocycles. The molecular weight excluding hydrogens is 470 g/mol. The number of nitrogens with one attached hydrogen (secondary N) is 2. The van der Waals surface area contributed by atoms with Crippen LogP contribution in [0.2, 0.25) is 0 Å². The largest absolute Gasteiger partial charge is 0.338 e. The molecule has 210 valence electrons. The van der Waals surface area contributed by atoms with E-state index in [1.165, 1.54) is 63.9 Å². The van der Waals surface area contributed by atoms with Crippen molar-refractivity contribution in [1.29, 1.82) is 5.26 Å². The van der Waals surface area contributed by atoms with E-state index in [0.29, 0.717) is 23.7 Å². The molecule has 2 amide bonds. The second kappa shape index (κ2) is 21.9. The number of Topliss-reactive ketones (excluding diaryl/α,β-unsaturated/α-hetero) is 1. The monoisotopic (exact) mass is 521 g/mol. The summed E-state index contributed by atoms with van der Waals surface area (Å²) in [5.41, 5.74) is 4.34. The normalized spacial score (nSPS) is 9.87. The molecule has 0 aliphatic carbocycles. The van der Waals surface area contributed by atoms with Crippen LogP contribution in [-0.2, 0) is 0 Å². The van der Waals surface area contributed by atoms with Crippen LogP contribution in [0.15, 0.2) is 42.5 Å². The third kappa shape index (κ3) is 15.2. The quantitative estimate of drug-likeness (QED) is 0.215. The molecule has 0 aliphatic heterocycles. The number of urea groups is 1. The van der Waals surface area contributed by atoms with Crippen LogP contribution in [-0.4, -0.2) is 18.4 Å². The maximum absolute atomic E-state index is 11.5. The highest BCUT2D eigenvalue weighted by Gasteiger charge is 2.09. The van der Waals surface area contributed by atoms with Gasteiger partial charge in [-0.1, -0.05) is 97.4 Å². The number of nitriles is 1. The van der Waals surface area contributed by atoms with Crippen molar-refractivity contribution in [2.24, 2.45) is 0 Å². The summed E-state index contributed by atoms with van der Waals surface area (Å²) in [5.74, 6) is 0.662. The highest BCUT2D eigenvalue weighted by Crippen LogP contribution is 2.26. The van der Waals surface area contributed by atoms with Crippen molar-refractivity contribution >= 4 is 17.5 Å². The van der Waals surface area contributed by atoms with E-state index in [2.05, 4.69) is 56.5 Å². The number of anilines is 1. The second-order valence-corrected chi connectivity index (χ2v) is 9.68. The Bertz CT molecular complexity index is 951. The first-order chi connectivity index (χ1) is 18.3. The van der Waals surface area contributed by atoms with Gasteiger partial charge >= 0.3 is 6.03 Å². The molecule has 0 heterocycles. The van der Waals surface area contributed by atoms with Gasteiger partial charge in [-0.2, -0.15) is 5.26 Å². The topological polar surface area (TPSA) is 82.0 Å². The van der Waals surface area contributed by atoms with Crippen molar-refractivity contribution in [3.63, 3.8) is 0 Å². The minimum Gasteiger partial charge on any atom is -0.338 e. The van der Waals surface area contributed by atoms with Crippen LogP contribution in [0.1, 0.15) is 132 Å². The minimum atomic E-state index is -0.240. The van der Waals surface area contributed by atoms with Gasteiger partial charge in [-0.05, 0) is 68.4 Å². The highest BCUT2D eigenvalue weighted by molar-refractivity contribution is 5.97. The van der Waals surface area contributed by atoms with Gasteiger partial charge in [-0.15, -0.1) is 0 Å². The highest BCUT2D eigenvalue weighted by atomic mass is 16.2. The van der Waals surface area contributed by atoms with Gasteiger partial charge in [0, 0.05) is 17.8 Å².